The van der Waals surface area contributed by atoms with Gasteiger partial charge in [0, 0.05) is 51.5 Å². The molecule has 2 rings (SSSR count). The van der Waals surface area contributed by atoms with Crippen LogP contribution in [-0.2, 0) is 9.53 Å². The highest BCUT2D eigenvalue weighted by Crippen LogP contribution is 2.15. The third-order valence-corrected chi connectivity index (χ3v) is 4.67. The van der Waals surface area contributed by atoms with Crippen LogP contribution in [0.25, 0.3) is 0 Å². The summed E-state index contributed by atoms with van der Waals surface area (Å²) in [5.74, 6) is -0.394. The molecule has 6 nitrogen and oxygen atoms in total. The number of esters is 1. The number of para-hydroxylation sites is 1. The largest absolute Gasteiger partial charge is 0.469 e. The molecular formula is C19H31N3O3. The number of benzene rings is 1. The zero-order valence-electron chi connectivity index (χ0n) is 15.6. The molecule has 140 valence electrons. The third kappa shape index (κ3) is 6.30. The Bertz CT molecular complexity index is 518. The van der Waals surface area contributed by atoms with Crippen LogP contribution < -0.4 is 4.90 Å². The Morgan fingerprint density at radius 1 is 1.20 bits per heavy atom. The molecule has 1 heterocycles. The Hall–Kier alpha value is -1.63. The Labute approximate surface area is 151 Å². The molecule has 1 aliphatic rings. The summed E-state index contributed by atoms with van der Waals surface area (Å²) in [5.41, 5.74) is 1.26. The monoisotopic (exact) mass is 349 g/mol. The van der Waals surface area contributed by atoms with Crippen LogP contribution in [0.2, 0.25) is 0 Å². The second kappa shape index (κ2) is 9.75. The number of piperazine rings is 1. The highest BCUT2D eigenvalue weighted by molar-refractivity contribution is 5.72. The fraction of sp³-hybridized carbons (Fsp3) is 0.632. The predicted molar refractivity (Wildman–Crippen MR) is 99.8 cm³/mol. The number of carbonyl (C=O) groups is 1. The molecule has 1 aliphatic heterocycles. The van der Waals surface area contributed by atoms with Crippen LogP contribution in [0.3, 0.4) is 0 Å². The van der Waals surface area contributed by atoms with Crippen LogP contribution in [0, 0.1) is 5.92 Å². The first-order valence-corrected chi connectivity index (χ1v) is 8.96. The summed E-state index contributed by atoms with van der Waals surface area (Å²) in [6.07, 6.45) is -0.418. The van der Waals surface area contributed by atoms with Gasteiger partial charge in [-0.3, -0.25) is 9.69 Å². The summed E-state index contributed by atoms with van der Waals surface area (Å²) in [7, 11) is 3.33. The van der Waals surface area contributed by atoms with Crippen LogP contribution in [-0.4, -0.2) is 87.0 Å². The van der Waals surface area contributed by atoms with Crippen molar-refractivity contribution in [3.8, 4) is 0 Å². The SMILES string of the molecule is COC(=O)C(C)CN(C)CC(O)CN1CCN(c2ccccc2)CC1. The van der Waals surface area contributed by atoms with Gasteiger partial charge >= 0.3 is 5.97 Å². The maximum Gasteiger partial charge on any atom is 0.309 e. The van der Waals surface area contributed by atoms with E-state index in [2.05, 4.69) is 34.1 Å². The second-order valence-electron chi connectivity index (χ2n) is 6.92. The molecule has 0 radical (unpaired) electrons. The highest BCUT2D eigenvalue weighted by Gasteiger charge is 2.21. The van der Waals surface area contributed by atoms with Crippen molar-refractivity contribution < 1.29 is 14.6 Å². The van der Waals surface area contributed by atoms with Crippen molar-refractivity contribution in [2.24, 2.45) is 5.92 Å². The topological polar surface area (TPSA) is 56.2 Å². The van der Waals surface area contributed by atoms with E-state index >= 15 is 0 Å². The number of hydrogen-bond donors (Lipinski definition) is 1. The number of anilines is 1. The van der Waals surface area contributed by atoms with E-state index in [0.717, 1.165) is 26.2 Å². The molecule has 1 aromatic carbocycles. The van der Waals surface area contributed by atoms with E-state index in [4.69, 9.17) is 4.74 Å². The Balaban J connectivity index is 1.69. The van der Waals surface area contributed by atoms with Crippen molar-refractivity contribution in [3.05, 3.63) is 30.3 Å². The van der Waals surface area contributed by atoms with Crippen LogP contribution in [0.5, 0.6) is 0 Å². The number of aliphatic hydroxyl groups excluding tert-OH is 1. The number of carbonyl (C=O) groups excluding carboxylic acids is 1. The fourth-order valence-corrected chi connectivity index (χ4v) is 3.36. The van der Waals surface area contributed by atoms with Gasteiger partial charge in [0.1, 0.15) is 0 Å². The molecule has 0 saturated carbocycles. The summed E-state index contributed by atoms with van der Waals surface area (Å²) in [6.45, 7) is 7.52. The molecule has 2 atom stereocenters. The quantitative estimate of drug-likeness (QED) is 0.704. The fourth-order valence-electron chi connectivity index (χ4n) is 3.36. The average Bonchev–Trinajstić information content (AvgIpc) is 2.62. The van der Waals surface area contributed by atoms with Gasteiger partial charge in [-0.2, -0.15) is 0 Å². The summed E-state index contributed by atoms with van der Waals surface area (Å²) in [4.78, 5) is 18.2. The molecule has 2 unspecified atom stereocenters. The van der Waals surface area contributed by atoms with Gasteiger partial charge in [0.2, 0.25) is 0 Å². The lowest BCUT2D eigenvalue weighted by Gasteiger charge is -2.37. The lowest BCUT2D eigenvalue weighted by Crippen LogP contribution is -2.50. The van der Waals surface area contributed by atoms with Gasteiger partial charge in [0.25, 0.3) is 0 Å². The average molecular weight is 349 g/mol. The highest BCUT2D eigenvalue weighted by atomic mass is 16.5. The number of methoxy groups -OCH3 is 1. The molecule has 6 heteroatoms. The normalized spacial score (nSPS) is 18.2. The van der Waals surface area contributed by atoms with Gasteiger partial charge < -0.3 is 19.6 Å². The van der Waals surface area contributed by atoms with E-state index < -0.39 is 6.10 Å². The van der Waals surface area contributed by atoms with Crippen LogP contribution in [0.1, 0.15) is 6.92 Å². The van der Waals surface area contributed by atoms with E-state index in [1.165, 1.54) is 12.8 Å². The van der Waals surface area contributed by atoms with E-state index in [1.807, 2.05) is 24.9 Å². The van der Waals surface area contributed by atoms with E-state index in [-0.39, 0.29) is 11.9 Å². The zero-order valence-corrected chi connectivity index (χ0v) is 15.6. The first-order valence-electron chi connectivity index (χ1n) is 8.96. The smallest absolute Gasteiger partial charge is 0.309 e. The second-order valence-corrected chi connectivity index (χ2v) is 6.92. The van der Waals surface area contributed by atoms with Gasteiger partial charge in [-0.25, -0.2) is 0 Å². The van der Waals surface area contributed by atoms with Gasteiger partial charge in [-0.05, 0) is 19.2 Å². The Kier molecular flexibility index (Phi) is 7.68. The summed E-state index contributed by atoms with van der Waals surface area (Å²) >= 11 is 0. The van der Waals surface area contributed by atoms with Gasteiger partial charge in [-0.15, -0.1) is 0 Å². The minimum atomic E-state index is -0.418. The minimum absolute atomic E-state index is 0.184. The van der Waals surface area contributed by atoms with Crippen molar-refractivity contribution in [1.29, 1.82) is 0 Å². The molecule has 25 heavy (non-hydrogen) atoms. The summed E-state index contributed by atoms with van der Waals surface area (Å²) in [5, 5.41) is 10.4. The van der Waals surface area contributed by atoms with Crippen molar-refractivity contribution in [2.45, 2.75) is 13.0 Å². The number of aliphatic hydroxyl groups is 1. The number of ether oxygens (including phenoxy) is 1. The number of β-amino-alcohol motifs (C(OH)–C–C–N with tert-alkyl or cyclic N) is 1. The molecule has 1 saturated heterocycles. The lowest BCUT2D eigenvalue weighted by molar-refractivity contribution is -0.145. The molecule has 0 spiro atoms. The van der Waals surface area contributed by atoms with Crippen LogP contribution in [0.4, 0.5) is 5.69 Å². The van der Waals surface area contributed by atoms with E-state index in [0.29, 0.717) is 19.6 Å². The van der Waals surface area contributed by atoms with Crippen LogP contribution in [0.15, 0.2) is 30.3 Å². The first kappa shape index (κ1) is 19.7. The molecule has 0 bridgehead atoms. The molecule has 0 aromatic heterocycles. The molecule has 0 amide bonds. The number of rotatable bonds is 8. The van der Waals surface area contributed by atoms with Crippen molar-refractivity contribution in [3.63, 3.8) is 0 Å². The van der Waals surface area contributed by atoms with Crippen molar-refractivity contribution in [1.82, 2.24) is 9.80 Å². The standard InChI is InChI=1S/C19H31N3O3/c1-16(19(24)25-3)13-20(2)14-18(23)15-21-9-11-22(12-10-21)17-7-5-4-6-8-17/h4-8,16,18,23H,9-15H2,1-3H3. The molecule has 1 fully saturated rings. The zero-order chi connectivity index (χ0) is 18.2. The van der Waals surface area contributed by atoms with Gasteiger partial charge in [0.05, 0.1) is 19.1 Å². The summed E-state index contributed by atoms with van der Waals surface area (Å²) < 4.78 is 4.74. The first-order chi connectivity index (χ1) is 12.0. The van der Waals surface area contributed by atoms with Crippen molar-refractivity contribution in [2.75, 3.05) is 64.9 Å². The third-order valence-electron chi connectivity index (χ3n) is 4.67. The number of nitrogens with zero attached hydrogens (tertiary/aromatic N) is 3. The summed E-state index contributed by atoms with van der Waals surface area (Å²) in [6, 6.07) is 10.4. The molecule has 0 aliphatic carbocycles. The van der Waals surface area contributed by atoms with Gasteiger partial charge in [0.15, 0.2) is 0 Å². The maximum atomic E-state index is 11.5. The molecule has 1 N–H and O–H groups in total. The molecule has 1 aromatic rings. The number of likely N-dealkylation sites (N-methyl/N-ethyl adjacent to an activating group) is 1. The number of hydrogen-bond acceptors (Lipinski definition) is 6. The van der Waals surface area contributed by atoms with E-state index in [1.54, 1.807) is 0 Å². The molecular weight excluding hydrogens is 318 g/mol. The predicted octanol–water partition coefficient (Wildman–Crippen LogP) is 0.910. The van der Waals surface area contributed by atoms with Crippen molar-refractivity contribution >= 4 is 11.7 Å². The van der Waals surface area contributed by atoms with E-state index in [9.17, 15) is 9.90 Å². The minimum Gasteiger partial charge on any atom is -0.469 e. The van der Waals surface area contributed by atoms with Crippen LogP contribution >= 0.6 is 0 Å². The maximum absolute atomic E-state index is 11.5. The Morgan fingerprint density at radius 3 is 2.44 bits per heavy atom. The van der Waals surface area contributed by atoms with Gasteiger partial charge in [-0.1, -0.05) is 25.1 Å². The lowest BCUT2D eigenvalue weighted by atomic mass is 10.1. The Morgan fingerprint density at radius 2 is 1.84 bits per heavy atom.